The minimum atomic E-state index is -1.82. The number of anilines is 1. The van der Waals surface area contributed by atoms with Gasteiger partial charge in [0.25, 0.3) is 0 Å². The third-order valence-electron chi connectivity index (χ3n) is 5.18. The summed E-state index contributed by atoms with van der Waals surface area (Å²) in [5.74, 6) is -2.55. The molecule has 2 atom stereocenters. The van der Waals surface area contributed by atoms with Gasteiger partial charge in [-0.2, -0.15) is 0 Å². The Bertz CT molecular complexity index is 925. The zero-order valence-corrected chi connectivity index (χ0v) is 17.3. The van der Waals surface area contributed by atoms with Crippen molar-refractivity contribution in [2.75, 3.05) is 19.0 Å². The number of allylic oxidation sites excluding steroid dienone is 2. The highest BCUT2D eigenvalue weighted by molar-refractivity contribution is 6.27. The Morgan fingerprint density at radius 2 is 1.63 bits per heavy atom. The SMILES string of the molecule is COc1ccccc1NCC(O)CC1C(C)=C(C)c2ccccc21.O=C(O)C(=O)O. The molecule has 0 amide bonds. The van der Waals surface area contributed by atoms with Gasteiger partial charge in [-0.05, 0) is 49.1 Å². The largest absolute Gasteiger partial charge is 0.495 e. The third-order valence-corrected chi connectivity index (χ3v) is 5.18. The van der Waals surface area contributed by atoms with E-state index in [9.17, 15) is 5.11 Å². The molecule has 0 aromatic heterocycles. The fraction of sp³-hybridized carbons (Fsp3) is 0.304. The smallest absolute Gasteiger partial charge is 0.414 e. The zero-order valence-electron chi connectivity index (χ0n) is 17.3. The molecule has 2 aromatic carbocycles. The molecule has 30 heavy (non-hydrogen) atoms. The molecule has 7 nitrogen and oxygen atoms in total. The van der Waals surface area contributed by atoms with Gasteiger partial charge < -0.3 is 25.4 Å². The Labute approximate surface area is 175 Å². The molecule has 2 aromatic rings. The number of aliphatic hydroxyl groups is 1. The van der Waals surface area contributed by atoms with Crippen molar-refractivity contribution in [3.63, 3.8) is 0 Å². The van der Waals surface area contributed by atoms with Crippen LogP contribution in [0.15, 0.2) is 54.1 Å². The molecular weight excluding hydrogens is 386 g/mol. The molecule has 1 aliphatic carbocycles. The summed E-state index contributed by atoms with van der Waals surface area (Å²) in [6, 6.07) is 16.3. The highest BCUT2D eigenvalue weighted by Crippen LogP contribution is 2.43. The molecule has 0 bridgehead atoms. The number of carboxylic acid groups (broad SMARTS) is 2. The predicted octanol–water partition coefficient (Wildman–Crippen LogP) is 3.60. The van der Waals surface area contributed by atoms with Gasteiger partial charge in [-0.1, -0.05) is 42.0 Å². The second-order valence-electron chi connectivity index (χ2n) is 7.03. The lowest BCUT2D eigenvalue weighted by molar-refractivity contribution is -0.159. The topological polar surface area (TPSA) is 116 Å². The fourth-order valence-electron chi connectivity index (χ4n) is 3.53. The van der Waals surface area contributed by atoms with Gasteiger partial charge in [0.15, 0.2) is 0 Å². The maximum absolute atomic E-state index is 10.5. The first-order valence-corrected chi connectivity index (χ1v) is 9.54. The van der Waals surface area contributed by atoms with Crippen LogP contribution in [0, 0.1) is 0 Å². The van der Waals surface area contributed by atoms with E-state index in [0.717, 1.165) is 17.9 Å². The molecule has 2 unspecified atom stereocenters. The van der Waals surface area contributed by atoms with Gasteiger partial charge in [-0.3, -0.25) is 0 Å². The lowest BCUT2D eigenvalue weighted by atomic mass is 9.91. The van der Waals surface area contributed by atoms with Gasteiger partial charge in [0.05, 0.1) is 18.9 Å². The van der Waals surface area contributed by atoms with E-state index in [1.54, 1.807) is 7.11 Å². The number of carbonyl (C=O) groups is 2. The number of fused-ring (bicyclic) bond motifs is 1. The quantitative estimate of drug-likeness (QED) is 0.535. The molecule has 0 spiro atoms. The van der Waals surface area contributed by atoms with E-state index < -0.39 is 18.0 Å². The van der Waals surface area contributed by atoms with Crippen molar-refractivity contribution in [3.05, 3.63) is 65.2 Å². The molecule has 0 radical (unpaired) electrons. The van der Waals surface area contributed by atoms with E-state index in [-0.39, 0.29) is 0 Å². The molecule has 0 heterocycles. The number of ether oxygens (including phenoxy) is 1. The summed E-state index contributed by atoms with van der Waals surface area (Å²) in [5, 5.41) is 28.6. The predicted molar refractivity (Wildman–Crippen MR) is 115 cm³/mol. The van der Waals surface area contributed by atoms with E-state index in [4.69, 9.17) is 24.5 Å². The number of hydrogen-bond donors (Lipinski definition) is 4. The minimum Gasteiger partial charge on any atom is -0.495 e. The van der Waals surface area contributed by atoms with Crippen LogP contribution in [0.1, 0.15) is 37.3 Å². The molecule has 3 rings (SSSR count). The van der Waals surface area contributed by atoms with Crippen LogP contribution in [0.25, 0.3) is 5.57 Å². The fourth-order valence-corrected chi connectivity index (χ4v) is 3.53. The monoisotopic (exact) mass is 413 g/mol. The number of hydrogen-bond acceptors (Lipinski definition) is 5. The Morgan fingerprint density at radius 3 is 2.27 bits per heavy atom. The van der Waals surface area contributed by atoms with Crippen LogP contribution in [0.4, 0.5) is 5.69 Å². The average Bonchev–Trinajstić information content (AvgIpc) is 2.98. The molecular formula is C23H27NO6. The molecule has 0 saturated carbocycles. The first-order chi connectivity index (χ1) is 14.3. The summed E-state index contributed by atoms with van der Waals surface area (Å²) in [6.45, 7) is 4.86. The number of methoxy groups -OCH3 is 1. The third kappa shape index (κ3) is 5.61. The van der Waals surface area contributed by atoms with Crippen LogP contribution in [0.3, 0.4) is 0 Å². The number of aliphatic hydroxyl groups excluding tert-OH is 1. The number of para-hydroxylation sites is 2. The van der Waals surface area contributed by atoms with Crippen molar-refractivity contribution in [1.29, 1.82) is 0 Å². The van der Waals surface area contributed by atoms with Crippen LogP contribution in [0.5, 0.6) is 5.75 Å². The first-order valence-electron chi connectivity index (χ1n) is 9.54. The number of carboxylic acids is 2. The molecule has 4 N–H and O–H groups in total. The summed E-state index contributed by atoms with van der Waals surface area (Å²) < 4.78 is 5.34. The second kappa shape index (κ2) is 10.5. The maximum atomic E-state index is 10.5. The van der Waals surface area contributed by atoms with Gasteiger partial charge in [0.1, 0.15) is 5.75 Å². The summed E-state index contributed by atoms with van der Waals surface area (Å²) in [4.78, 5) is 18.2. The van der Waals surface area contributed by atoms with E-state index in [0.29, 0.717) is 12.5 Å². The minimum absolute atomic E-state index is 0.302. The number of benzene rings is 2. The molecule has 0 fully saturated rings. The van der Waals surface area contributed by atoms with E-state index in [1.165, 1.54) is 22.3 Å². The molecule has 160 valence electrons. The summed E-state index contributed by atoms with van der Waals surface area (Å²) in [5.41, 5.74) is 6.29. The van der Waals surface area contributed by atoms with Crippen molar-refractivity contribution >= 4 is 23.2 Å². The number of rotatable bonds is 6. The highest BCUT2D eigenvalue weighted by atomic mass is 16.5. The summed E-state index contributed by atoms with van der Waals surface area (Å²) in [6.07, 6.45) is 0.302. The Balaban J connectivity index is 0.000000469. The van der Waals surface area contributed by atoms with Gasteiger partial charge in [-0.15, -0.1) is 0 Å². The zero-order chi connectivity index (χ0) is 22.3. The van der Waals surface area contributed by atoms with E-state index in [2.05, 4.69) is 43.4 Å². The molecule has 7 heteroatoms. The van der Waals surface area contributed by atoms with Crippen LogP contribution in [-0.4, -0.2) is 47.0 Å². The highest BCUT2D eigenvalue weighted by Gasteiger charge is 2.27. The van der Waals surface area contributed by atoms with E-state index in [1.807, 2.05) is 24.3 Å². The first kappa shape index (κ1) is 23.0. The summed E-state index contributed by atoms with van der Waals surface area (Å²) >= 11 is 0. The maximum Gasteiger partial charge on any atom is 0.414 e. The Kier molecular flexibility index (Phi) is 8.00. The number of nitrogens with one attached hydrogen (secondary N) is 1. The lowest BCUT2D eigenvalue weighted by Gasteiger charge is -2.20. The van der Waals surface area contributed by atoms with Crippen LogP contribution in [0.2, 0.25) is 0 Å². The molecule has 0 saturated heterocycles. The molecule has 0 aliphatic heterocycles. The second-order valence-corrected chi connectivity index (χ2v) is 7.03. The lowest BCUT2D eigenvalue weighted by Crippen LogP contribution is -2.22. The van der Waals surface area contributed by atoms with Crippen LogP contribution >= 0.6 is 0 Å². The molecule has 1 aliphatic rings. The van der Waals surface area contributed by atoms with Crippen molar-refractivity contribution in [1.82, 2.24) is 0 Å². The number of aliphatic carboxylic acids is 2. The van der Waals surface area contributed by atoms with Crippen molar-refractivity contribution in [2.24, 2.45) is 0 Å². The standard InChI is InChI=1S/C21H25NO2.C2H2O4/c1-14-15(2)19(18-9-5-4-8-17(14)18)12-16(23)13-22-20-10-6-7-11-21(20)24-3;3-1(4)2(5)6/h4-11,16,19,22-23H,12-13H2,1-3H3;(H,3,4)(H,5,6). The van der Waals surface area contributed by atoms with Crippen LogP contribution in [-0.2, 0) is 9.59 Å². The van der Waals surface area contributed by atoms with Crippen LogP contribution < -0.4 is 10.1 Å². The van der Waals surface area contributed by atoms with Crippen molar-refractivity contribution in [2.45, 2.75) is 32.3 Å². The Morgan fingerprint density at radius 1 is 1.03 bits per heavy atom. The van der Waals surface area contributed by atoms with Gasteiger partial charge in [0, 0.05) is 12.5 Å². The Hall–Kier alpha value is -3.32. The van der Waals surface area contributed by atoms with E-state index >= 15 is 0 Å². The van der Waals surface area contributed by atoms with Gasteiger partial charge in [-0.25, -0.2) is 9.59 Å². The van der Waals surface area contributed by atoms with Gasteiger partial charge >= 0.3 is 11.9 Å². The van der Waals surface area contributed by atoms with Gasteiger partial charge in [0.2, 0.25) is 0 Å². The summed E-state index contributed by atoms with van der Waals surface area (Å²) in [7, 11) is 1.66. The average molecular weight is 413 g/mol. The van der Waals surface area contributed by atoms with Crippen molar-refractivity contribution < 1.29 is 29.6 Å². The normalized spacial score (nSPS) is 15.5. The van der Waals surface area contributed by atoms with Crippen molar-refractivity contribution in [3.8, 4) is 5.75 Å².